The first-order chi connectivity index (χ1) is 9.60. The number of aromatic nitrogens is 2. The Hall–Kier alpha value is -1.37. The summed E-state index contributed by atoms with van der Waals surface area (Å²) in [5.41, 5.74) is 0. The molecule has 2 aromatic rings. The van der Waals surface area contributed by atoms with E-state index in [0.29, 0.717) is 5.88 Å². The Morgan fingerprint density at radius 2 is 2.00 bits per heavy atom. The summed E-state index contributed by atoms with van der Waals surface area (Å²) in [5, 5.41) is 3.21. The lowest BCUT2D eigenvalue weighted by atomic mass is 10.2. The van der Waals surface area contributed by atoms with Crippen LogP contribution in [-0.4, -0.2) is 16.5 Å². The van der Waals surface area contributed by atoms with Crippen LogP contribution in [0.15, 0.2) is 30.3 Å². The molecule has 1 N–H and O–H groups in total. The van der Waals surface area contributed by atoms with Crippen LogP contribution in [0.5, 0.6) is 11.6 Å². The summed E-state index contributed by atoms with van der Waals surface area (Å²) in [4.78, 5) is 8.96. The smallest absolute Gasteiger partial charge is 0.224 e. The Kier molecular flexibility index (Phi) is 5.17. The van der Waals surface area contributed by atoms with Crippen molar-refractivity contribution in [3.63, 3.8) is 0 Å². The minimum Gasteiger partial charge on any atom is -0.438 e. The third-order valence-corrected chi connectivity index (χ3v) is 3.54. The lowest BCUT2D eigenvalue weighted by Gasteiger charge is -2.12. The highest BCUT2D eigenvalue weighted by atomic mass is 127. The van der Waals surface area contributed by atoms with E-state index in [0.717, 1.165) is 27.5 Å². The Bertz CT molecular complexity index is 587. The van der Waals surface area contributed by atoms with Crippen molar-refractivity contribution in [2.45, 2.75) is 26.7 Å². The number of anilines is 1. The van der Waals surface area contributed by atoms with Crippen molar-refractivity contribution >= 4 is 28.4 Å². The van der Waals surface area contributed by atoms with Crippen LogP contribution in [-0.2, 0) is 0 Å². The Balaban J connectivity index is 2.33. The normalized spacial score (nSPS) is 10.7. The van der Waals surface area contributed by atoms with Crippen LogP contribution >= 0.6 is 22.6 Å². The summed E-state index contributed by atoms with van der Waals surface area (Å²) in [6.45, 7) is 7.00. The van der Waals surface area contributed by atoms with Crippen LogP contribution in [0, 0.1) is 3.57 Å². The second-order valence-corrected chi connectivity index (χ2v) is 5.83. The number of nitrogens with zero attached hydrogens (tertiary/aromatic N) is 2. The van der Waals surface area contributed by atoms with Gasteiger partial charge in [0.15, 0.2) is 0 Å². The zero-order valence-electron chi connectivity index (χ0n) is 11.9. The number of ether oxygens (including phenoxy) is 1. The molecule has 0 fully saturated rings. The number of halogens is 1. The Labute approximate surface area is 133 Å². The van der Waals surface area contributed by atoms with Gasteiger partial charge in [-0.15, -0.1) is 0 Å². The largest absolute Gasteiger partial charge is 0.438 e. The third kappa shape index (κ3) is 3.82. The van der Waals surface area contributed by atoms with Crippen LogP contribution in [0.4, 0.5) is 5.82 Å². The van der Waals surface area contributed by atoms with Gasteiger partial charge >= 0.3 is 0 Å². The molecule has 0 saturated heterocycles. The Morgan fingerprint density at radius 3 is 2.65 bits per heavy atom. The molecule has 0 amide bonds. The first-order valence-corrected chi connectivity index (χ1v) is 7.73. The van der Waals surface area contributed by atoms with Gasteiger partial charge < -0.3 is 10.1 Å². The van der Waals surface area contributed by atoms with Gasteiger partial charge in [0, 0.05) is 18.5 Å². The average molecular weight is 383 g/mol. The minimum absolute atomic E-state index is 0.255. The first kappa shape index (κ1) is 15.0. The van der Waals surface area contributed by atoms with E-state index in [4.69, 9.17) is 4.74 Å². The number of hydrogen-bond donors (Lipinski definition) is 1. The number of hydrogen-bond acceptors (Lipinski definition) is 4. The molecule has 1 aromatic heterocycles. The molecule has 0 spiro atoms. The number of benzene rings is 1. The van der Waals surface area contributed by atoms with Crippen LogP contribution < -0.4 is 10.1 Å². The van der Waals surface area contributed by atoms with E-state index < -0.39 is 0 Å². The number of rotatable bonds is 5. The predicted molar refractivity (Wildman–Crippen MR) is 89.5 cm³/mol. The predicted octanol–water partition coefficient (Wildman–Crippen LogP) is 4.43. The molecule has 0 unspecified atom stereocenters. The Morgan fingerprint density at radius 1 is 1.25 bits per heavy atom. The summed E-state index contributed by atoms with van der Waals surface area (Å²) in [6.07, 6.45) is 0. The molecule has 0 atom stereocenters. The van der Waals surface area contributed by atoms with Crippen molar-refractivity contribution in [1.82, 2.24) is 9.97 Å². The van der Waals surface area contributed by atoms with Crippen LogP contribution in [0.3, 0.4) is 0 Å². The van der Waals surface area contributed by atoms with E-state index in [1.165, 1.54) is 0 Å². The maximum absolute atomic E-state index is 5.89. The molecule has 106 valence electrons. The molecule has 5 heteroatoms. The first-order valence-electron chi connectivity index (χ1n) is 6.65. The molecular weight excluding hydrogens is 365 g/mol. The third-order valence-electron chi connectivity index (χ3n) is 2.65. The fraction of sp³-hybridized carbons (Fsp3) is 0.333. The molecule has 0 radical (unpaired) electrons. The SMILES string of the molecule is CCNc1cc(Oc2ccccc2I)nc(C(C)C)n1. The standard InChI is InChI=1S/C15H18IN3O/c1-4-17-13-9-14(19-15(18-13)10(2)3)20-12-8-6-5-7-11(12)16/h5-10H,4H2,1-3H3,(H,17,18,19). The summed E-state index contributed by atoms with van der Waals surface area (Å²) < 4.78 is 6.94. The van der Waals surface area contributed by atoms with Crippen LogP contribution in [0.2, 0.25) is 0 Å². The molecule has 0 aliphatic carbocycles. The van der Waals surface area contributed by atoms with Gasteiger partial charge in [-0.2, -0.15) is 4.98 Å². The van der Waals surface area contributed by atoms with Gasteiger partial charge in [-0.1, -0.05) is 26.0 Å². The van der Waals surface area contributed by atoms with Gasteiger partial charge in [0.1, 0.15) is 17.4 Å². The monoisotopic (exact) mass is 383 g/mol. The van der Waals surface area contributed by atoms with E-state index in [-0.39, 0.29) is 5.92 Å². The molecule has 20 heavy (non-hydrogen) atoms. The molecule has 1 aromatic carbocycles. The zero-order valence-corrected chi connectivity index (χ0v) is 14.0. The van der Waals surface area contributed by atoms with Crippen molar-refractivity contribution in [2.24, 2.45) is 0 Å². The molecule has 0 saturated carbocycles. The van der Waals surface area contributed by atoms with Crippen molar-refractivity contribution in [1.29, 1.82) is 0 Å². The van der Waals surface area contributed by atoms with E-state index in [2.05, 4.69) is 51.7 Å². The molecule has 0 bridgehead atoms. The fourth-order valence-electron chi connectivity index (χ4n) is 1.67. The van der Waals surface area contributed by atoms with E-state index >= 15 is 0 Å². The van der Waals surface area contributed by atoms with Gasteiger partial charge in [0.2, 0.25) is 5.88 Å². The molecule has 1 heterocycles. The van der Waals surface area contributed by atoms with E-state index in [1.807, 2.05) is 37.3 Å². The molecule has 0 aliphatic heterocycles. The maximum atomic E-state index is 5.89. The topological polar surface area (TPSA) is 47.0 Å². The van der Waals surface area contributed by atoms with Crippen LogP contribution in [0.1, 0.15) is 32.5 Å². The summed E-state index contributed by atoms with van der Waals surface area (Å²) >= 11 is 2.25. The molecule has 0 aliphatic rings. The lowest BCUT2D eigenvalue weighted by Crippen LogP contribution is -2.06. The van der Waals surface area contributed by atoms with Gasteiger partial charge in [-0.3, -0.25) is 0 Å². The molecule has 2 rings (SSSR count). The second kappa shape index (κ2) is 6.88. The van der Waals surface area contributed by atoms with E-state index in [9.17, 15) is 0 Å². The highest BCUT2D eigenvalue weighted by molar-refractivity contribution is 14.1. The second-order valence-electron chi connectivity index (χ2n) is 4.67. The van der Waals surface area contributed by atoms with Gasteiger partial charge in [0.05, 0.1) is 3.57 Å². The fourth-order valence-corrected chi connectivity index (χ4v) is 2.16. The lowest BCUT2D eigenvalue weighted by molar-refractivity contribution is 0.454. The molecule has 4 nitrogen and oxygen atoms in total. The van der Waals surface area contributed by atoms with Crippen molar-refractivity contribution in [3.8, 4) is 11.6 Å². The number of para-hydroxylation sites is 1. The van der Waals surface area contributed by atoms with Crippen molar-refractivity contribution in [2.75, 3.05) is 11.9 Å². The van der Waals surface area contributed by atoms with E-state index in [1.54, 1.807) is 0 Å². The van der Waals surface area contributed by atoms with Gasteiger partial charge in [0.25, 0.3) is 0 Å². The van der Waals surface area contributed by atoms with Gasteiger partial charge in [-0.05, 0) is 41.6 Å². The highest BCUT2D eigenvalue weighted by Crippen LogP contribution is 2.27. The van der Waals surface area contributed by atoms with Gasteiger partial charge in [-0.25, -0.2) is 4.98 Å². The summed E-state index contributed by atoms with van der Waals surface area (Å²) in [5.74, 6) is 3.22. The van der Waals surface area contributed by atoms with Crippen molar-refractivity contribution < 1.29 is 4.74 Å². The average Bonchev–Trinajstić information content (AvgIpc) is 2.41. The maximum Gasteiger partial charge on any atom is 0.224 e. The highest BCUT2D eigenvalue weighted by Gasteiger charge is 2.10. The molecular formula is C15H18IN3O. The summed E-state index contributed by atoms with van der Waals surface area (Å²) in [7, 11) is 0. The van der Waals surface area contributed by atoms with Crippen molar-refractivity contribution in [3.05, 3.63) is 39.7 Å². The number of nitrogens with one attached hydrogen (secondary N) is 1. The zero-order chi connectivity index (χ0) is 14.5. The van der Waals surface area contributed by atoms with Crippen LogP contribution in [0.25, 0.3) is 0 Å². The minimum atomic E-state index is 0.255. The quantitative estimate of drug-likeness (QED) is 0.777. The summed E-state index contributed by atoms with van der Waals surface area (Å²) in [6, 6.07) is 9.71.